The van der Waals surface area contributed by atoms with Crippen molar-refractivity contribution in [2.45, 2.75) is 12.5 Å². The molecule has 1 rings (SSSR count). The van der Waals surface area contributed by atoms with Crippen LogP contribution < -0.4 is 4.74 Å². The van der Waals surface area contributed by atoms with Crippen molar-refractivity contribution < 1.29 is 22.3 Å². The van der Waals surface area contributed by atoms with Gasteiger partial charge in [0.2, 0.25) is 0 Å². The van der Waals surface area contributed by atoms with Crippen LogP contribution in [0.25, 0.3) is 5.32 Å². The Hall–Kier alpha value is -1.46. The quantitative estimate of drug-likeness (QED) is 0.714. The van der Waals surface area contributed by atoms with Crippen LogP contribution in [0.2, 0.25) is 0 Å². The largest absolute Gasteiger partial charge is 0.687 e. The third-order valence-electron chi connectivity index (χ3n) is 1.60. The van der Waals surface area contributed by atoms with Crippen LogP contribution in [0.1, 0.15) is 0 Å². The van der Waals surface area contributed by atoms with Crippen molar-refractivity contribution in [1.82, 2.24) is 0 Å². The highest BCUT2D eigenvalue weighted by Gasteiger charge is 2.43. The molecular weight excluding hydrogens is 214 g/mol. The minimum absolute atomic E-state index is 0.326. The molecule has 6 heteroatoms. The summed E-state index contributed by atoms with van der Waals surface area (Å²) in [5.41, 5.74) is 0.544. The lowest BCUT2D eigenvalue weighted by atomic mass is 10.3. The fourth-order valence-electron chi connectivity index (χ4n) is 0.865. The first-order valence-corrected chi connectivity index (χ1v) is 4.00. The van der Waals surface area contributed by atoms with Crippen LogP contribution in [0.15, 0.2) is 24.3 Å². The Bertz CT molecular complexity index is 312. The number of hydrogen-bond acceptors (Lipinski definition) is 1. The molecule has 1 aromatic carbocycles. The minimum atomic E-state index is -4.47. The second-order valence-corrected chi connectivity index (χ2v) is 2.68. The van der Waals surface area contributed by atoms with Crippen LogP contribution in [-0.4, -0.2) is 19.6 Å². The van der Waals surface area contributed by atoms with Gasteiger partial charge in [-0.3, -0.25) is 0 Å². The van der Waals surface area contributed by atoms with Crippen LogP contribution in [0.4, 0.5) is 23.2 Å². The number of alkyl halides is 4. The summed E-state index contributed by atoms with van der Waals surface area (Å²) in [6.45, 7) is 0. The summed E-state index contributed by atoms with van der Waals surface area (Å²) in [4.78, 5) is 0. The van der Waals surface area contributed by atoms with Gasteiger partial charge in [-0.25, -0.2) is 0 Å². The molecule has 0 aliphatic rings. The number of ether oxygens (including phenoxy) is 1. The first-order valence-electron chi connectivity index (χ1n) is 4.00. The number of benzene rings is 1. The van der Waals surface area contributed by atoms with E-state index in [1.807, 2.05) is 0 Å². The van der Waals surface area contributed by atoms with Crippen LogP contribution in [0.5, 0.6) is 5.75 Å². The number of rotatable bonds is 4. The van der Waals surface area contributed by atoms with Gasteiger partial charge in [0, 0.05) is 0 Å². The van der Waals surface area contributed by atoms with Gasteiger partial charge >= 0.3 is 12.5 Å². The second-order valence-electron chi connectivity index (χ2n) is 2.68. The molecule has 2 nitrogen and oxygen atoms in total. The zero-order chi connectivity index (χ0) is 11.5. The van der Waals surface area contributed by atoms with Gasteiger partial charge in [-0.15, -0.1) is 12.7 Å². The van der Waals surface area contributed by atoms with Crippen LogP contribution in [-0.2, 0) is 0 Å². The zero-order valence-electron chi connectivity index (χ0n) is 7.75. The molecule has 0 radical (unpaired) electrons. The molecule has 84 valence electrons. The van der Waals surface area contributed by atoms with E-state index in [4.69, 9.17) is 0 Å². The molecule has 1 aromatic rings. The van der Waals surface area contributed by atoms with Crippen molar-refractivity contribution >= 4 is 5.69 Å². The van der Waals surface area contributed by atoms with Gasteiger partial charge in [-0.2, -0.15) is 17.6 Å². The Labute approximate surface area is 83.9 Å². The van der Waals surface area contributed by atoms with E-state index in [1.54, 1.807) is 0 Å². The molecule has 0 unspecified atom stereocenters. The molecule has 0 aromatic heterocycles. The Morgan fingerprint density at radius 3 is 2.13 bits per heavy atom. The van der Waals surface area contributed by atoms with E-state index in [1.165, 1.54) is 19.2 Å². The molecule has 0 N–H and O–H groups in total. The molecule has 0 spiro atoms. The maximum atomic E-state index is 12.4. The number of hydrogen-bond donors (Lipinski definition) is 0. The van der Waals surface area contributed by atoms with Gasteiger partial charge in [-0.05, 0) is 12.1 Å². The zero-order valence-corrected chi connectivity index (χ0v) is 7.75. The highest BCUT2D eigenvalue weighted by molar-refractivity contribution is 5.49. The van der Waals surface area contributed by atoms with Crippen LogP contribution in [0, 0.1) is 0 Å². The summed E-state index contributed by atoms with van der Waals surface area (Å²) >= 11 is 0. The monoisotopic (exact) mass is 222 g/mol. The molecule has 0 aliphatic heterocycles. The van der Waals surface area contributed by atoms with Gasteiger partial charge < -0.3 is 10.1 Å². The summed E-state index contributed by atoms with van der Waals surface area (Å²) < 4.78 is 52.2. The second kappa shape index (κ2) is 4.37. The highest BCUT2D eigenvalue weighted by atomic mass is 19.3. The smallest absolute Gasteiger partial charge is 0.461 e. The Balaban J connectivity index is 2.73. The topological polar surface area (TPSA) is 23.3 Å². The summed E-state index contributed by atoms with van der Waals surface area (Å²) in [5.74, 6) is -0.326. The maximum absolute atomic E-state index is 12.4. The van der Waals surface area contributed by atoms with Gasteiger partial charge in [-0.1, -0.05) is 12.1 Å². The molecule has 0 atom stereocenters. The van der Waals surface area contributed by atoms with Crippen molar-refractivity contribution in [3.8, 4) is 5.75 Å². The van der Waals surface area contributed by atoms with Gasteiger partial charge in [0.25, 0.3) is 0 Å². The van der Waals surface area contributed by atoms with E-state index in [0.717, 1.165) is 12.1 Å². The molecule has 0 saturated heterocycles. The fraction of sp³-hybridized carbons (Fsp3) is 0.333. The lowest BCUT2D eigenvalue weighted by molar-refractivity contribution is -0.253. The number of halogens is 4. The lowest BCUT2D eigenvalue weighted by Crippen LogP contribution is -2.33. The van der Waals surface area contributed by atoms with Crippen molar-refractivity contribution in [1.29, 1.82) is 0 Å². The molecule has 0 amide bonds. The summed E-state index contributed by atoms with van der Waals surface area (Å²) in [5, 5.41) is 3.75. The maximum Gasteiger partial charge on any atom is 0.461 e. The first kappa shape index (κ1) is 11.6. The van der Waals surface area contributed by atoms with Gasteiger partial charge in [0.15, 0.2) is 0 Å². The molecule has 0 fully saturated rings. The van der Waals surface area contributed by atoms with Crippen molar-refractivity contribution in [2.75, 3.05) is 7.05 Å². The van der Waals surface area contributed by atoms with Gasteiger partial charge in [0.1, 0.15) is 5.75 Å². The van der Waals surface area contributed by atoms with E-state index >= 15 is 0 Å². The molecule has 0 heterocycles. The number of nitrogens with zero attached hydrogens (tertiary/aromatic N) is 1. The third-order valence-corrected chi connectivity index (χ3v) is 1.60. The Morgan fingerprint density at radius 1 is 1.20 bits per heavy atom. The Morgan fingerprint density at radius 2 is 1.73 bits per heavy atom. The first-order chi connectivity index (χ1) is 6.95. The average molecular weight is 222 g/mol. The summed E-state index contributed by atoms with van der Waals surface area (Å²) in [6.07, 6.45) is -8.32. The lowest BCUT2D eigenvalue weighted by Gasteiger charge is -2.18. The van der Waals surface area contributed by atoms with E-state index in [2.05, 4.69) is 10.1 Å². The molecular formula is C9H8F4NO-. The van der Waals surface area contributed by atoms with E-state index in [9.17, 15) is 17.6 Å². The fourth-order valence-corrected chi connectivity index (χ4v) is 0.865. The van der Waals surface area contributed by atoms with Crippen molar-refractivity contribution in [3.05, 3.63) is 29.6 Å². The van der Waals surface area contributed by atoms with Crippen molar-refractivity contribution in [2.24, 2.45) is 0 Å². The summed E-state index contributed by atoms with van der Waals surface area (Å²) in [6, 6.07) is 5.07. The normalized spacial score (nSPS) is 11.6. The standard InChI is InChI=1S/C9H8F4NO/c1-14-6-2-4-7(5-3-6)15-9(12,13)8(10)11/h2-5,8H,1H3/q-1. The van der Waals surface area contributed by atoms with Crippen molar-refractivity contribution in [3.63, 3.8) is 0 Å². The average Bonchev–Trinajstić information content (AvgIpc) is 2.18. The van der Waals surface area contributed by atoms with E-state index in [-0.39, 0.29) is 5.75 Å². The Kier molecular flexibility index (Phi) is 3.39. The third kappa shape index (κ3) is 3.00. The van der Waals surface area contributed by atoms with Gasteiger partial charge in [0.05, 0.1) is 0 Å². The predicted molar refractivity (Wildman–Crippen MR) is 47.0 cm³/mol. The molecule has 0 aliphatic carbocycles. The molecule has 0 bridgehead atoms. The molecule has 15 heavy (non-hydrogen) atoms. The van der Waals surface area contributed by atoms with E-state index in [0.29, 0.717) is 5.69 Å². The highest BCUT2D eigenvalue weighted by Crippen LogP contribution is 2.28. The van der Waals surface area contributed by atoms with Crippen LogP contribution >= 0.6 is 0 Å². The minimum Gasteiger partial charge on any atom is -0.687 e. The van der Waals surface area contributed by atoms with E-state index < -0.39 is 12.5 Å². The summed E-state index contributed by atoms with van der Waals surface area (Å²) in [7, 11) is 1.52. The van der Waals surface area contributed by atoms with Crippen LogP contribution in [0.3, 0.4) is 0 Å². The molecule has 0 saturated carbocycles. The predicted octanol–water partition coefficient (Wildman–Crippen LogP) is 3.56. The SMILES string of the molecule is C[N-]c1ccc(OC(F)(F)C(F)F)cc1.